The monoisotopic (exact) mass is 310 g/mol. The Bertz CT molecular complexity index is 753. The molecule has 112 valence electrons. The summed E-state index contributed by atoms with van der Waals surface area (Å²) in [6.45, 7) is 2.68. The number of nitrogens with two attached hydrogens (primary N) is 1. The topological polar surface area (TPSA) is 48.1 Å². The number of thiazole rings is 1. The number of nitrogens with zero attached hydrogens (tertiary/aromatic N) is 1. The molecule has 3 aromatic rings. The fourth-order valence-corrected chi connectivity index (χ4v) is 2.83. The first kappa shape index (κ1) is 14.6. The minimum Gasteiger partial charge on any atom is -0.488 e. The molecule has 3 rings (SSSR count). The first-order valence-electron chi connectivity index (χ1n) is 7.27. The van der Waals surface area contributed by atoms with Crippen LogP contribution in [0.4, 0.5) is 5.13 Å². The second-order valence-electron chi connectivity index (χ2n) is 5.03. The minimum absolute atomic E-state index is 0.541. The van der Waals surface area contributed by atoms with Crippen molar-refractivity contribution in [2.45, 2.75) is 20.0 Å². The predicted molar refractivity (Wildman–Crippen MR) is 92.1 cm³/mol. The summed E-state index contributed by atoms with van der Waals surface area (Å²) >= 11 is 1.45. The number of rotatable bonds is 5. The van der Waals surface area contributed by atoms with Gasteiger partial charge in [-0.1, -0.05) is 43.3 Å². The van der Waals surface area contributed by atoms with Crippen molar-refractivity contribution in [2.24, 2.45) is 0 Å². The van der Waals surface area contributed by atoms with E-state index in [2.05, 4.69) is 36.2 Å². The van der Waals surface area contributed by atoms with Gasteiger partial charge in [0.05, 0.1) is 5.69 Å². The van der Waals surface area contributed by atoms with E-state index in [1.165, 1.54) is 16.9 Å². The van der Waals surface area contributed by atoms with E-state index < -0.39 is 0 Å². The fraction of sp³-hybridized carbons (Fsp3) is 0.167. The molecule has 0 saturated heterocycles. The second-order valence-corrected chi connectivity index (χ2v) is 5.92. The summed E-state index contributed by atoms with van der Waals surface area (Å²) in [5.41, 5.74) is 10.0. The van der Waals surface area contributed by atoms with Crippen LogP contribution in [0.15, 0.2) is 53.9 Å². The van der Waals surface area contributed by atoms with Gasteiger partial charge in [0.15, 0.2) is 5.13 Å². The van der Waals surface area contributed by atoms with E-state index in [1.807, 2.05) is 29.6 Å². The van der Waals surface area contributed by atoms with Crippen molar-refractivity contribution in [1.29, 1.82) is 0 Å². The lowest BCUT2D eigenvalue weighted by Gasteiger charge is -2.12. The van der Waals surface area contributed by atoms with Gasteiger partial charge in [-0.25, -0.2) is 4.98 Å². The summed E-state index contributed by atoms with van der Waals surface area (Å²) in [6.07, 6.45) is 0.978. The fourth-order valence-electron chi connectivity index (χ4n) is 2.27. The van der Waals surface area contributed by atoms with Crippen LogP contribution >= 0.6 is 11.3 Å². The summed E-state index contributed by atoms with van der Waals surface area (Å²) in [5, 5.41) is 2.55. The van der Waals surface area contributed by atoms with Gasteiger partial charge in [0, 0.05) is 10.9 Å². The van der Waals surface area contributed by atoms with E-state index in [4.69, 9.17) is 10.5 Å². The Hall–Kier alpha value is -2.33. The van der Waals surface area contributed by atoms with E-state index >= 15 is 0 Å². The zero-order valence-corrected chi connectivity index (χ0v) is 13.3. The molecule has 3 nitrogen and oxygen atoms in total. The van der Waals surface area contributed by atoms with Crippen LogP contribution < -0.4 is 10.5 Å². The van der Waals surface area contributed by atoms with Gasteiger partial charge in [0.2, 0.25) is 0 Å². The van der Waals surface area contributed by atoms with Gasteiger partial charge in [-0.2, -0.15) is 0 Å². The van der Waals surface area contributed by atoms with Gasteiger partial charge in [0.25, 0.3) is 0 Å². The van der Waals surface area contributed by atoms with Crippen LogP contribution in [-0.2, 0) is 13.0 Å². The minimum atomic E-state index is 0.541. The van der Waals surface area contributed by atoms with Crippen molar-refractivity contribution >= 4 is 16.5 Å². The first-order valence-corrected chi connectivity index (χ1v) is 8.15. The molecular weight excluding hydrogens is 292 g/mol. The standard InChI is InChI=1S/C18H18N2OS/c1-2-13-8-9-17(21-11-14-6-4-3-5-7-14)15(10-13)16-12-22-18(19)20-16/h3-10,12H,2,11H2,1H3,(H2,19,20). The number of hydrogen-bond acceptors (Lipinski definition) is 4. The third-order valence-electron chi connectivity index (χ3n) is 3.49. The Morgan fingerprint density at radius 1 is 1.09 bits per heavy atom. The number of ether oxygens (including phenoxy) is 1. The van der Waals surface area contributed by atoms with Crippen molar-refractivity contribution in [1.82, 2.24) is 4.98 Å². The van der Waals surface area contributed by atoms with E-state index in [9.17, 15) is 0 Å². The van der Waals surface area contributed by atoms with Gasteiger partial charge in [-0.3, -0.25) is 0 Å². The number of aromatic nitrogens is 1. The normalized spacial score (nSPS) is 10.6. The Kier molecular flexibility index (Phi) is 4.39. The third kappa shape index (κ3) is 3.28. The largest absolute Gasteiger partial charge is 0.488 e. The van der Waals surface area contributed by atoms with Crippen molar-refractivity contribution < 1.29 is 4.74 Å². The number of anilines is 1. The Labute approximate surface area is 134 Å². The lowest BCUT2D eigenvalue weighted by atomic mass is 10.1. The molecule has 22 heavy (non-hydrogen) atoms. The van der Waals surface area contributed by atoms with Gasteiger partial charge in [-0.15, -0.1) is 11.3 Å². The Morgan fingerprint density at radius 2 is 1.91 bits per heavy atom. The second kappa shape index (κ2) is 6.62. The van der Waals surface area contributed by atoms with Crippen LogP contribution in [0.1, 0.15) is 18.1 Å². The molecule has 0 fully saturated rings. The van der Waals surface area contributed by atoms with Crippen LogP contribution in [0.3, 0.4) is 0 Å². The molecule has 0 atom stereocenters. The molecule has 2 aromatic carbocycles. The summed E-state index contributed by atoms with van der Waals surface area (Å²) in [7, 11) is 0. The molecular formula is C18H18N2OS. The average molecular weight is 310 g/mol. The van der Waals surface area contributed by atoms with Gasteiger partial charge >= 0.3 is 0 Å². The smallest absolute Gasteiger partial charge is 0.180 e. The molecule has 0 radical (unpaired) electrons. The molecule has 0 unspecified atom stereocenters. The predicted octanol–water partition coefficient (Wildman–Crippen LogP) is 4.53. The molecule has 0 aliphatic heterocycles. The molecule has 4 heteroatoms. The highest BCUT2D eigenvalue weighted by atomic mass is 32.1. The Balaban J connectivity index is 1.89. The van der Waals surface area contributed by atoms with E-state index in [-0.39, 0.29) is 0 Å². The van der Waals surface area contributed by atoms with Crippen LogP contribution in [0.25, 0.3) is 11.3 Å². The quantitative estimate of drug-likeness (QED) is 0.753. The molecule has 2 N–H and O–H groups in total. The lowest BCUT2D eigenvalue weighted by molar-refractivity contribution is 0.307. The van der Waals surface area contributed by atoms with Crippen LogP contribution in [0.2, 0.25) is 0 Å². The SMILES string of the molecule is CCc1ccc(OCc2ccccc2)c(-c2csc(N)n2)c1. The van der Waals surface area contributed by atoms with Gasteiger partial charge in [-0.05, 0) is 29.7 Å². The highest BCUT2D eigenvalue weighted by molar-refractivity contribution is 7.13. The highest BCUT2D eigenvalue weighted by Gasteiger charge is 2.11. The van der Waals surface area contributed by atoms with Crippen molar-refractivity contribution in [3.63, 3.8) is 0 Å². The molecule has 0 spiro atoms. The van der Waals surface area contributed by atoms with Gasteiger partial charge in [0.1, 0.15) is 12.4 Å². The van der Waals surface area contributed by atoms with Crippen LogP contribution in [-0.4, -0.2) is 4.98 Å². The summed E-state index contributed by atoms with van der Waals surface area (Å²) in [6, 6.07) is 16.4. The lowest BCUT2D eigenvalue weighted by Crippen LogP contribution is -1.98. The maximum atomic E-state index is 6.01. The van der Waals surface area contributed by atoms with E-state index in [0.717, 1.165) is 29.0 Å². The van der Waals surface area contributed by atoms with Crippen LogP contribution in [0.5, 0.6) is 5.75 Å². The van der Waals surface area contributed by atoms with Gasteiger partial charge < -0.3 is 10.5 Å². The molecule has 0 aliphatic carbocycles. The first-order chi connectivity index (χ1) is 10.8. The molecule has 0 aliphatic rings. The summed E-state index contributed by atoms with van der Waals surface area (Å²) < 4.78 is 6.01. The average Bonchev–Trinajstić information content (AvgIpc) is 3.00. The maximum absolute atomic E-state index is 6.01. The van der Waals surface area contributed by atoms with Crippen molar-refractivity contribution in [2.75, 3.05) is 5.73 Å². The molecule has 1 heterocycles. The van der Waals surface area contributed by atoms with E-state index in [1.54, 1.807) is 0 Å². The van der Waals surface area contributed by atoms with Crippen molar-refractivity contribution in [3.8, 4) is 17.0 Å². The van der Waals surface area contributed by atoms with Crippen molar-refractivity contribution in [3.05, 3.63) is 65.0 Å². The molecule has 0 amide bonds. The maximum Gasteiger partial charge on any atom is 0.180 e. The highest BCUT2D eigenvalue weighted by Crippen LogP contribution is 2.33. The number of aryl methyl sites for hydroxylation is 1. The number of hydrogen-bond donors (Lipinski definition) is 1. The summed E-state index contributed by atoms with van der Waals surface area (Å²) in [4.78, 5) is 4.39. The summed E-state index contributed by atoms with van der Waals surface area (Å²) in [5.74, 6) is 0.839. The van der Waals surface area contributed by atoms with E-state index in [0.29, 0.717) is 11.7 Å². The number of benzene rings is 2. The molecule has 0 bridgehead atoms. The molecule has 0 saturated carbocycles. The third-order valence-corrected chi connectivity index (χ3v) is 4.16. The van der Waals surface area contributed by atoms with Crippen LogP contribution in [0, 0.1) is 0 Å². The zero-order valence-electron chi connectivity index (χ0n) is 12.5. The Morgan fingerprint density at radius 3 is 2.59 bits per heavy atom. The zero-order chi connectivity index (χ0) is 15.4. The number of nitrogen functional groups attached to an aromatic ring is 1. The molecule has 1 aromatic heterocycles.